The van der Waals surface area contributed by atoms with E-state index < -0.39 is 0 Å². The summed E-state index contributed by atoms with van der Waals surface area (Å²) >= 11 is 11.8. The smallest absolute Gasteiger partial charge is 0.220 e. The number of hydrogen-bond donors (Lipinski definition) is 1. The zero-order valence-corrected chi connectivity index (χ0v) is 13.6. The van der Waals surface area contributed by atoms with Crippen LogP contribution in [0.3, 0.4) is 0 Å². The first kappa shape index (κ1) is 16.8. The Morgan fingerprint density at radius 3 is 2.45 bits per heavy atom. The summed E-state index contributed by atoms with van der Waals surface area (Å²) in [6.07, 6.45) is 0.933. The highest BCUT2D eigenvalue weighted by Gasteiger charge is 2.10. The highest BCUT2D eigenvalue weighted by atomic mass is 35.5. The summed E-state index contributed by atoms with van der Waals surface area (Å²) in [5.74, 6) is -0.357. The van der Waals surface area contributed by atoms with E-state index >= 15 is 0 Å². The van der Waals surface area contributed by atoms with Crippen molar-refractivity contribution in [3.63, 3.8) is 0 Å². The topological polar surface area (TPSA) is 29.1 Å². The van der Waals surface area contributed by atoms with Gasteiger partial charge in [0.05, 0.1) is 16.1 Å². The number of carbonyl (C=O) groups excluding carboxylic acids is 1. The molecule has 0 heterocycles. The Balaban J connectivity index is 1.87. The van der Waals surface area contributed by atoms with Gasteiger partial charge in [0.25, 0.3) is 0 Å². The molecule has 0 aliphatic carbocycles. The molecule has 22 heavy (non-hydrogen) atoms. The van der Waals surface area contributed by atoms with Gasteiger partial charge in [0.1, 0.15) is 5.82 Å². The number of halogens is 3. The fraction of sp³-hybridized carbons (Fsp3) is 0.235. The van der Waals surface area contributed by atoms with Gasteiger partial charge in [0.15, 0.2) is 0 Å². The zero-order chi connectivity index (χ0) is 16.1. The Kier molecular flexibility index (Phi) is 5.81. The second kappa shape index (κ2) is 7.61. The van der Waals surface area contributed by atoms with Crippen LogP contribution in [-0.2, 0) is 11.2 Å². The highest BCUT2D eigenvalue weighted by molar-refractivity contribution is 6.42. The first-order valence-corrected chi connectivity index (χ1v) is 7.70. The van der Waals surface area contributed by atoms with Crippen LogP contribution in [0, 0.1) is 5.82 Å². The van der Waals surface area contributed by atoms with Crippen LogP contribution < -0.4 is 5.32 Å². The van der Waals surface area contributed by atoms with E-state index in [0.29, 0.717) is 22.9 Å². The summed E-state index contributed by atoms with van der Waals surface area (Å²) in [5.41, 5.74) is 1.82. The van der Waals surface area contributed by atoms with Crippen molar-refractivity contribution in [2.24, 2.45) is 0 Å². The Labute approximate surface area is 139 Å². The normalized spacial score (nSPS) is 12.0. The number of carbonyl (C=O) groups is 1. The molecule has 0 bridgehead atoms. The van der Waals surface area contributed by atoms with E-state index in [4.69, 9.17) is 23.2 Å². The molecule has 0 spiro atoms. The van der Waals surface area contributed by atoms with Crippen LogP contribution in [0.25, 0.3) is 0 Å². The van der Waals surface area contributed by atoms with E-state index in [0.717, 1.165) is 11.1 Å². The number of aryl methyl sites for hydroxylation is 1. The van der Waals surface area contributed by atoms with Crippen molar-refractivity contribution in [2.75, 3.05) is 0 Å². The molecule has 1 amide bonds. The van der Waals surface area contributed by atoms with Gasteiger partial charge < -0.3 is 5.32 Å². The Morgan fingerprint density at radius 2 is 1.82 bits per heavy atom. The third-order valence-electron chi connectivity index (χ3n) is 3.37. The van der Waals surface area contributed by atoms with Crippen LogP contribution in [0.1, 0.15) is 30.5 Å². The van der Waals surface area contributed by atoms with Crippen LogP contribution in [-0.4, -0.2) is 5.91 Å². The molecule has 1 N–H and O–H groups in total. The fourth-order valence-electron chi connectivity index (χ4n) is 2.10. The molecule has 0 radical (unpaired) electrons. The number of benzene rings is 2. The van der Waals surface area contributed by atoms with Crippen molar-refractivity contribution >= 4 is 29.1 Å². The highest BCUT2D eigenvalue weighted by Crippen LogP contribution is 2.23. The molecule has 0 aromatic heterocycles. The summed E-state index contributed by atoms with van der Waals surface area (Å²) < 4.78 is 12.9. The molecule has 2 aromatic carbocycles. The van der Waals surface area contributed by atoms with Crippen LogP contribution in [0.15, 0.2) is 42.5 Å². The lowest BCUT2D eigenvalue weighted by molar-refractivity contribution is -0.121. The number of nitrogens with one attached hydrogen (secondary N) is 1. The van der Waals surface area contributed by atoms with Gasteiger partial charge in [-0.2, -0.15) is 0 Å². The average Bonchev–Trinajstić information content (AvgIpc) is 2.49. The second-order valence-electron chi connectivity index (χ2n) is 5.09. The molecular formula is C17H16Cl2FNO. The van der Waals surface area contributed by atoms with E-state index in [9.17, 15) is 9.18 Å². The summed E-state index contributed by atoms with van der Waals surface area (Å²) in [7, 11) is 0. The maximum Gasteiger partial charge on any atom is 0.220 e. The molecule has 1 atom stereocenters. The van der Waals surface area contributed by atoms with Gasteiger partial charge in [-0.05, 0) is 48.7 Å². The molecule has 5 heteroatoms. The van der Waals surface area contributed by atoms with E-state index in [-0.39, 0.29) is 17.8 Å². The fourth-order valence-corrected chi connectivity index (χ4v) is 2.42. The van der Waals surface area contributed by atoms with Crippen LogP contribution in [0.5, 0.6) is 0 Å². The molecule has 0 saturated heterocycles. The van der Waals surface area contributed by atoms with Crippen molar-refractivity contribution in [1.29, 1.82) is 0 Å². The SMILES string of the molecule is C[C@@H](NC(=O)CCc1ccc(Cl)c(Cl)c1)c1ccc(F)cc1. The molecular weight excluding hydrogens is 324 g/mol. The third-order valence-corrected chi connectivity index (χ3v) is 4.11. The van der Waals surface area contributed by atoms with E-state index in [1.165, 1.54) is 12.1 Å². The molecule has 0 unspecified atom stereocenters. The largest absolute Gasteiger partial charge is 0.350 e. The standard InChI is InChI=1S/C17H16Cl2FNO/c1-11(13-4-6-14(20)7-5-13)21-17(22)9-3-12-2-8-15(18)16(19)10-12/h2,4-8,10-11H,3,9H2,1H3,(H,21,22)/t11-/m1/s1. The van der Waals surface area contributed by atoms with Crippen molar-refractivity contribution in [3.05, 3.63) is 69.5 Å². The Morgan fingerprint density at radius 1 is 1.14 bits per heavy atom. The second-order valence-corrected chi connectivity index (χ2v) is 5.90. The molecule has 0 fully saturated rings. The molecule has 2 rings (SSSR count). The summed E-state index contributed by atoms with van der Waals surface area (Å²) in [4.78, 5) is 12.0. The predicted octanol–water partition coefficient (Wildman–Crippen LogP) is 4.94. The quantitative estimate of drug-likeness (QED) is 0.820. The van der Waals surface area contributed by atoms with E-state index in [1.807, 2.05) is 13.0 Å². The van der Waals surface area contributed by atoms with Gasteiger partial charge in [-0.15, -0.1) is 0 Å². The van der Waals surface area contributed by atoms with Crippen molar-refractivity contribution < 1.29 is 9.18 Å². The Hall–Kier alpha value is -1.58. The number of rotatable bonds is 5. The van der Waals surface area contributed by atoms with Crippen molar-refractivity contribution in [1.82, 2.24) is 5.32 Å². The summed E-state index contributed by atoms with van der Waals surface area (Å²) in [5, 5.41) is 3.88. The first-order valence-electron chi connectivity index (χ1n) is 6.94. The number of amides is 1. The molecule has 0 aliphatic rings. The van der Waals surface area contributed by atoms with Gasteiger partial charge in [-0.25, -0.2) is 4.39 Å². The number of hydrogen-bond acceptors (Lipinski definition) is 1. The van der Waals surface area contributed by atoms with Crippen molar-refractivity contribution in [3.8, 4) is 0 Å². The lowest BCUT2D eigenvalue weighted by Crippen LogP contribution is -2.26. The third kappa shape index (κ3) is 4.72. The lowest BCUT2D eigenvalue weighted by atomic mass is 10.1. The minimum Gasteiger partial charge on any atom is -0.350 e. The van der Waals surface area contributed by atoms with E-state index in [2.05, 4.69) is 5.32 Å². The summed E-state index contributed by atoms with van der Waals surface area (Å²) in [6.45, 7) is 1.87. The molecule has 2 aromatic rings. The predicted molar refractivity (Wildman–Crippen MR) is 87.7 cm³/mol. The molecule has 116 valence electrons. The lowest BCUT2D eigenvalue weighted by Gasteiger charge is -2.14. The van der Waals surface area contributed by atoms with Gasteiger partial charge in [-0.3, -0.25) is 4.79 Å². The maximum atomic E-state index is 12.9. The minimum atomic E-state index is -0.290. The van der Waals surface area contributed by atoms with Crippen LogP contribution in [0.4, 0.5) is 4.39 Å². The van der Waals surface area contributed by atoms with Gasteiger partial charge in [-0.1, -0.05) is 41.4 Å². The first-order chi connectivity index (χ1) is 10.5. The summed E-state index contributed by atoms with van der Waals surface area (Å²) in [6, 6.07) is 11.3. The van der Waals surface area contributed by atoms with Crippen molar-refractivity contribution in [2.45, 2.75) is 25.8 Å². The Bertz CT molecular complexity index is 658. The molecule has 0 saturated carbocycles. The monoisotopic (exact) mass is 339 g/mol. The van der Waals surface area contributed by atoms with Crippen LogP contribution in [0.2, 0.25) is 10.0 Å². The minimum absolute atomic E-state index is 0.0668. The maximum absolute atomic E-state index is 12.9. The molecule has 0 aliphatic heterocycles. The zero-order valence-electron chi connectivity index (χ0n) is 12.1. The van der Waals surface area contributed by atoms with Gasteiger partial charge in [0, 0.05) is 6.42 Å². The molecule has 2 nitrogen and oxygen atoms in total. The van der Waals surface area contributed by atoms with E-state index in [1.54, 1.807) is 24.3 Å². The van der Waals surface area contributed by atoms with Gasteiger partial charge >= 0.3 is 0 Å². The van der Waals surface area contributed by atoms with Crippen LogP contribution >= 0.6 is 23.2 Å². The van der Waals surface area contributed by atoms with Gasteiger partial charge in [0.2, 0.25) is 5.91 Å². The average molecular weight is 340 g/mol.